The van der Waals surface area contributed by atoms with Crippen molar-refractivity contribution in [3.63, 3.8) is 0 Å². The lowest BCUT2D eigenvalue weighted by Gasteiger charge is -2.26. The maximum atomic E-state index is 11.6. The smallest absolute Gasteiger partial charge is 0.241 e. The fourth-order valence-corrected chi connectivity index (χ4v) is 2.38. The Hall–Kier alpha value is -1.56. The molecule has 19 heavy (non-hydrogen) atoms. The van der Waals surface area contributed by atoms with Crippen LogP contribution >= 0.6 is 0 Å². The first-order valence-corrected chi connectivity index (χ1v) is 7.01. The molecule has 0 aliphatic carbocycles. The fraction of sp³-hybridized carbons (Fsp3) is 0.692. The van der Waals surface area contributed by atoms with Crippen LogP contribution in [0, 0.1) is 0 Å². The van der Waals surface area contributed by atoms with Gasteiger partial charge in [0, 0.05) is 12.7 Å². The van der Waals surface area contributed by atoms with Gasteiger partial charge in [0.2, 0.25) is 5.91 Å². The van der Waals surface area contributed by atoms with Gasteiger partial charge in [-0.05, 0) is 38.9 Å². The zero-order chi connectivity index (χ0) is 13.5. The molecule has 1 fully saturated rings. The zero-order valence-corrected chi connectivity index (χ0v) is 11.3. The van der Waals surface area contributed by atoms with Gasteiger partial charge in [0.25, 0.3) is 0 Å². The SMILES string of the molecule is Nc1cnn(CC(=O)NCCCN2CCCCC2)c1. The number of aromatic nitrogens is 2. The minimum atomic E-state index is -0.0123. The summed E-state index contributed by atoms with van der Waals surface area (Å²) >= 11 is 0. The van der Waals surface area contributed by atoms with E-state index >= 15 is 0 Å². The summed E-state index contributed by atoms with van der Waals surface area (Å²) in [5, 5.41) is 6.89. The van der Waals surface area contributed by atoms with Gasteiger partial charge in [-0.15, -0.1) is 0 Å². The first-order chi connectivity index (χ1) is 9.24. The number of amides is 1. The van der Waals surface area contributed by atoms with Crippen molar-refractivity contribution in [1.29, 1.82) is 0 Å². The van der Waals surface area contributed by atoms with Gasteiger partial charge >= 0.3 is 0 Å². The minimum Gasteiger partial charge on any atom is -0.396 e. The van der Waals surface area contributed by atoms with E-state index in [4.69, 9.17) is 5.73 Å². The summed E-state index contributed by atoms with van der Waals surface area (Å²) in [5.74, 6) is -0.0123. The van der Waals surface area contributed by atoms with Crippen molar-refractivity contribution in [3.05, 3.63) is 12.4 Å². The third kappa shape index (κ3) is 4.90. The molecule has 0 bridgehead atoms. The van der Waals surface area contributed by atoms with E-state index in [9.17, 15) is 4.79 Å². The second-order valence-electron chi connectivity index (χ2n) is 5.08. The third-order valence-corrected chi connectivity index (χ3v) is 3.38. The largest absolute Gasteiger partial charge is 0.396 e. The van der Waals surface area contributed by atoms with Crippen LogP contribution in [0.4, 0.5) is 5.69 Å². The number of rotatable bonds is 6. The number of nitrogens with two attached hydrogens (primary N) is 1. The molecule has 0 saturated carbocycles. The molecule has 0 unspecified atom stereocenters. The van der Waals surface area contributed by atoms with Gasteiger partial charge in [0.1, 0.15) is 6.54 Å². The summed E-state index contributed by atoms with van der Waals surface area (Å²) in [7, 11) is 0. The summed E-state index contributed by atoms with van der Waals surface area (Å²) in [5.41, 5.74) is 6.12. The first-order valence-electron chi connectivity index (χ1n) is 7.01. The van der Waals surface area contributed by atoms with Crippen LogP contribution in [-0.4, -0.2) is 46.8 Å². The summed E-state index contributed by atoms with van der Waals surface area (Å²) in [4.78, 5) is 14.1. The van der Waals surface area contributed by atoms with Crippen molar-refractivity contribution in [1.82, 2.24) is 20.0 Å². The van der Waals surface area contributed by atoms with Crippen LogP contribution < -0.4 is 11.1 Å². The minimum absolute atomic E-state index is 0.0123. The van der Waals surface area contributed by atoms with E-state index in [0.717, 1.165) is 19.5 Å². The lowest BCUT2D eigenvalue weighted by atomic mass is 10.1. The van der Waals surface area contributed by atoms with Gasteiger partial charge in [0.15, 0.2) is 0 Å². The number of carbonyl (C=O) groups excluding carboxylic acids is 1. The number of anilines is 1. The van der Waals surface area contributed by atoms with Gasteiger partial charge in [-0.3, -0.25) is 9.48 Å². The Bertz CT molecular complexity index is 397. The molecule has 0 radical (unpaired) electrons. The van der Waals surface area contributed by atoms with Gasteiger partial charge in [-0.25, -0.2) is 0 Å². The Balaban J connectivity index is 1.56. The first kappa shape index (κ1) is 13.9. The summed E-state index contributed by atoms with van der Waals surface area (Å²) < 4.78 is 1.55. The number of hydrogen-bond acceptors (Lipinski definition) is 4. The molecular weight excluding hydrogens is 242 g/mol. The Morgan fingerprint density at radius 3 is 2.84 bits per heavy atom. The van der Waals surface area contributed by atoms with E-state index in [-0.39, 0.29) is 12.5 Å². The number of nitrogens with zero attached hydrogens (tertiary/aromatic N) is 3. The average Bonchev–Trinajstić information content (AvgIpc) is 2.81. The maximum absolute atomic E-state index is 11.6. The molecule has 2 heterocycles. The van der Waals surface area contributed by atoms with Crippen molar-refractivity contribution in [2.24, 2.45) is 0 Å². The molecule has 1 aliphatic heterocycles. The Morgan fingerprint density at radius 2 is 2.16 bits per heavy atom. The molecule has 3 N–H and O–H groups in total. The second-order valence-corrected chi connectivity index (χ2v) is 5.08. The number of piperidine rings is 1. The van der Waals surface area contributed by atoms with Crippen LogP contribution in [0.3, 0.4) is 0 Å². The van der Waals surface area contributed by atoms with E-state index in [1.807, 2.05) is 0 Å². The van der Waals surface area contributed by atoms with Crippen molar-refractivity contribution in [2.45, 2.75) is 32.2 Å². The fourth-order valence-electron chi connectivity index (χ4n) is 2.38. The molecule has 0 spiro atoms. The summed E-state index contributed by atoms with van der Waals surface area (Å²) in [6, 6.07) is 0. The van der Waals surface area contributed by atoms with Gasteiger partial charge in [0.05, 0.1) is 11.9 Å². The standard InChI is InChI=1S/C13H23N5O/c14-12-9-16-18(10-12)11-13(19)15-5-4-8-17-6-2-1-3-7-17/h9-10H,1-8,11,14H2,(H,15,19). The highest BCUT2D eigenvalue weighted by Crippen LogP contribution is 2.08. The van der Waals surface area contributed by atoms with E-state index in [1.54, 1.807) is 17.1 Å². The molecule has 1 aromatic heterocycles. The summed E-state index contributed by atoms with van der Waals surface area (Å²) in [6.07, 6.45) is 8.20. The van der Waals surface area contributed by atoms with Gasteiger partial charge < -0.3 is 16.0 Å². The Labute approximate surface area is 113 Å². The Morgan fingerprint density at radius 1 is 1.37 bits per heavy atom. The van der Waals surface area contributed by atoms with Crippen molar-refractivity contribution in [2.75, 3.05) is 31.9 Å². The molecule has 6 nitrogen and oxygen atoms in total. The lowest BCUT2D eigenvalue weighted by Crippen LogP contribution is -2.34. The zero-order valence-electron chi connectivity index (χ0n) is 11.3. The lowest BCUT2D eigenvalue weighted by molar-refractivity contribution is -0.121. The monoisotopic (exact) mass is 265 g/mol. The molecular formula is C13H23N5O. The molecule has 6 heteroatoms. The number of hydrogen-bond donors (Lipinski definition) is 2. The van der Waals surface area contributed by atoms with E-state index in [2.05, 4.69) is 15.3 Å². The van der Waals surface area contributed by atoms with Crippen LogP contribution in [0.2, 0.25) is 0 Å². The number of nitrogens with one attached hydrogen (secondary N) is 1. The molecule has 106 valence electrons. The predicted octanol–water partition coefficient (Wildman–Crippen LogP) is 0.457. The normalized spacial score (nSPS) is 16.4. The third-order valence-electron chi connectivity index (χ3n) is 3.38. The number of nitrogen functional groups attached to an aromatic ring is 1. The average molecular weight is 265 g/mol. The van der Waals surface area contributed by atoms with Gasteiger partial charge in [-0.2, -0.15) is 5.10 Å². The highest BCUT2D eigenvalue weighted by molar-refractivity contribution is 5.75. The summed E-state index contributed by atoms with van der Waals surface area (Å²) in [6.45, 7) is 4.46. The highest BCUT2D eigenvalue weighted by atomic mass is 16.2. The molecule has 1 amide bonds. The van der Waals surface area contributed by atoms with Crippen molar-refractivity contribution < 1.29 is 4.79 Å². The van der Waals surface area contributed by atoms with Crippen molar-refractivity contribution >= 4 is 11.6 Å². The quantitative estimate of drug-likeness (QED) is 0.733. The maximum Gasteiger partial charge on any atom is 0.241 e. The molecule has 1 saturated heterocycles. The highest BCUT2D eigenvalue weighted by Gasteiger charge is 2.09. The van der Waals surface area contributed by atoms with Crippen LogP contribution in [0.15, 0.2) is 12.4 Å². The van der Waals surface area contributed by atoms with Crippen LogP contribution in [0.25, 0.3) is 0 Å². The van der Waals surface area contributed by atoms with Crippen LogP contribution in [-0.2, 0) is 11.3 Å². The van der Waals surface area contributed by atoms with Crippen LogP contribution in [0.5, 0.6) is 0 Å². The molecule has 0 aromatic carbocycles. The van der Waals surface area contributed by atoms with E-state index < -0.39 is 0 Å². The number of carbonyl (C=O) groups is 1. The molecule has 2 rings (SSSR count). The second kappa shape index (κ2) is 7.13. The molecule has 1 aliphatic rings. The van der Waals surface area contributed by atoms with E-state index in [0.29, 0.717) is 5.69 Å². The van der Waals surface area contributed by atoms with Crippen molar-refractivity contribution in [3.8, 4) is 0 Å². The predicted molar refractivity (Wildman–Crippen MR) is 74.6 cm³/mol. The Kier molecular flexibility index (Phi) is 5.20. The molecule has 0 atom stereocenters. The number of likely N-dealkylation sites (tertiary alicyclic amines) is 1. The topological polar surface area (TPSA) is 76.2 Å². The molecule has 1 aromatic rings. The van der Waals surface area contributed by atoms with E-state index in [1.165, 1.54) is 32.4 Å². The van der Waals surface area contributed by atoms with Crippen LogP contribution in [0.1, 0.15) is 25.7 Å². The van der Waals surface area contributed by atoms with Gasteiger partial charge in [-0.1, -0.05) is 6.42 Å².